The quantitative estimate of drug-likeness (QED) is 0.243. The number of aromatic amines is 1. The molecule has 0 saturated carbocycles. The van der Waals surface area contributed by atoms with Crippen molar-refractivity contribution in [1.82, 2.24) is 9.88 Å². The van der Waals surface area contributed by atoms with Gasteiger partial charge in [0.15, 0.2) is 5.88 Å². The molecule has 0 spiro atoms. The van der Waals surface area contributed by atoms with Crippen molar-refractivity contribution in [2.45, 2.75) is 33.4 Å². The summed E-state index contributed by atoms with van der Waals surface area (Å²) < 4.78 is 4.83. The maximum absolute atomic E-state index is 12.0. The molecule has 4 aromatic rings. The number of nitrogens with one attached hydrogen (secondary N) is 1. The molecule has 0 bridgehead atoms. The van der Waals surface area contributed by atoms with Gasteiger partial charge in [-0.15, -0.1) is 0 Å². The van der Waals surface area contributed by atoms with Crippen molar-refractivity contribution in [2.75, 3.05) is 13.7 Å². The van der Waals surface area contributed by atoms with Gasteiger partial charge in [0.2, 0.25) is 0 Å². The van der Waals surface area contributed by atoms with E-state index in [4.69, 9.17) is 9.73 Å². The number of aromatic hydroxyl groups is 1. The summed E-state index contributed by atoms with van der Waals surface area (Å²) in [6.07, 6.45) is 0. The van der Waals surface area contributed by atoms with Crippen LogP contribution in [0.5, 0.6) is 5.88 Å². The van der Waals surface area contributed by atoms with Gasteiger partial charge in [0.05, 0.1) is 29.6 Å². The molecule has 0 atom stereocenters. The molecule has 1 aromatic heterocycles. The number of esters is 1. The number of rotatable bonds is 8. The van der Waals surface area contributed by atoms with Gasteiger partial charge in [-0.25, -0.2) is 9.79 Å². The maximum atomic E-state index is 12.0. The number of benzene rings is 3. The average Bonchev–Trinajstić information content (AvgIpc) is 3.21. The molecule has 0 aliphatic carbocycles. The molecule has 1 heterocycles. The van der Waals surface area contributed by atoms with Crippen LogP contribution in [0.15, 0.2) is 77.8 Å². The highest BCUT2D eigenvalue weighted by Gasteiger charge is 2.20. The zero-order valence-electron chi connectivity index (χ0n) is 20.6. The van der Waals surface area contributed by atoms with E-state index in [0.29, 0.717) is 28.4 Å². The van der Waals surface area contributed by atoms with Crippen molar-refractivity contribution in [2.24, 2.45) is 4.99 Å². The Labute approximate surface area is 205 Å². The van der Waals surface area contributed by atoms with Gasteiger partial charge in [-0.05, 0) is 50.2 Å². The first-order chi connectivity index (χ1) is 16.9. The molecule has 0 fully saturated rings. The van der Waals surface area contributed by atoms with Crippen LogP contribution in [-0.2, 0) is 11.3 Å². The highest BCUT2D eigenvalue weighted by molar-refractivity contribution is 6.22. The van der Waals surface area contributed by atoms with E-state index < -0.39 is 5.97 Å². The number of hydrogen-bond acceptors (Lipinski definition) is 5. The van der Waals surface area contributed by atoms with Gasteiger partial charge < -0.3 is 14.8 Å². The van der Waals surface area contributed by atoms with Gasteiger partial charge in [-0.3, -0.25) is 4.90 Å². The van der Waals surface area contributed by atoms with Crippen LogP contribution >= 0.6 is 0 Å². The van der Waals surface area contributed by atoms with E-state index in [1.165, 1.54) is 12.7 Å². The van der Waals surface area contributed by atoms with Crippen molar-refractivity contribution in [1.29, 1.82) is 0 Å². The number of ether oxygens (including phenoxy) is 1. The molecule has 6 heteroatoms. The van der Waals surface area contributed by atoms with E-state index >= 15 is 0 Å². The van der Waals surface area contributed by atoms with Crippen LogP contribution in [0.2, 0.25) is 0 Å². The Hall–Kier alpha value is -3.90. The standard InChI is InChI=1S/C29H31N3O3/c1-5-32(19(2)3)18-20-11-14-23(15-12-20)30-27(21-9-7-6-8-10-21)26-24-16-13-22(29(34)35-4)17-25(24)31-28(26)33/h6-17,19,31,33H,5,18H2,1-4H3. The first-order valence-corrected chi connectivity index (χ1v) is 11.8. The lowest BCUT2D eigenvalue weighted by Crippen LogP contribution is -2.29. The Morgan fingerprint density at radius 1 is 1.03 bits per heavy atom. The molecule has 0 amide bonds. The van der Waals surface area contributed by atoms with Crippen LogP contribution in [0.4, 0.5) is 5.69 Å². The van der Waals surface area contributed by atoms with Gasteiger partial charge in [0, 0.05) is 29.1 Å². The fourth-order valence-corrected chi connectivity index (χ4v) is 4.23. The van der Waals surface area contributed by atoms with Crippen LogP contribution in [0.1, 0.15) is 47.8 Å². The number of carbonyl (C=O) groups is 1. The topological polar surface area (TPSA) is 77.9 Å². The molecule has 0 aliphatic heterocycles. The van der Waals surface area contributed by atoms with E-state index in [1.54, 1.807) is 18.2 Å². The number of carbonyl (C=O) groups excluding carboxylic acids is 1. The van der Waals surface area contributed by atoms with E-state index in [9.17, 15) is 9.90 Å². The smallest absolute Gasteiger partial charge is 0.337 e. The lowest BCUT2D eigenvalue weighted by Gasteiger charge is -2.24. The van der Waals surface area contributed by atoms with E-state index in [1.807, 2.05) is 42.5 Å². The SMILES string of the molecule is CCN(Cc1ccc(N=C(c2ccccc2)c2c(O)[nH]c3cc(C(=O)OC)ccc23)cc1)C(C)C. The van der Waals surface area contributed by atoms with Crippen molar-refractivity contribution in [3.8, 4) is 5.88 Å². The Morgan fingerprint density at radius 3 is 2.37 bits per heavy atom. The Bertz CT molecular complexity index is 1340. The minimum absolute atomic E-state index is 0.00300. The summed E-state index contributed by atoms with van der Waals surface area (Å²) in [5.74, 6) is -0.435. The van der Waals surface area contributed by atoms with Crippen molar-refractivity contribution in [3.05, 3.63) is 95.1 Å². The number of H-pyrrole nitrogens is 1. The van der Waals surface area contributed by atoms with Gasteiger partial charge in [0.25, 0.3) is 0 Å². The second kappa shape index (κ2) is 10.6. The largest absolute Gasteiger partial charge is 0.494 e. The fraction of sp³-hybridized carbons (Fsp3) is 0.241. The van der Waals surface area contributed by atoms with Crippen LogP contribution in [-0.4, -0.2) is 46.4 Å². The second-order valence-corrected chi connectivity index (χ2v) is 8.75. The monoisotopic (exact) mass is 469 g/mol. The third-order valence-corrected chi connectivity index (χ3v) is 6.18. The molecular formula is C29H31N3O3. The van der Waals surface area contributed by atoms with E-state index in [-0.39, 0.29) is 5.88 Å². The minimum Gasteiger partial charge on any atom is -0.494 e. The number of methoxy groups -OCH3 is 1. The summed E-state index contributed by atoms with van der Waals surface area (Å²) >= 11 is 0. The summed E-state index contributed by atoms with van der Waals surface area (Å²) in [6.45, 7) is 8.46. The van der Waals surface area contributed by atoms with Crippen molar-refractivity contribution < 1.29 is 14.6 Å². The molecule has 2 N–H and O–H groups in total. The predicted molar refractivity (Wildman–Crippen MR) is 141 cm³/mol. The Kier molecular flexibility index (Phi) is 7.32. The molecule has 0 aliphatic rings. The molecular weight excluding hydrogens is 438 g/mol. The first-order valence-electron chi connectivity index (χ1n) is 11.8. The Balaban J connectivity index is 1.78. The molecule has 6 nitrogen and oxygen atoms in total. The summed E-state index contributed by atoms with van der Waals surface area (Å²) in [5, 5.41) is 11.7. The number of aromatic nitrogens is 1. The molecule has 4 rings (SSSR count). The summed E-state index contributed by atoms with van der Waals surface area (Å²) in [4.78, 5) is 22.3. The van der Waals surface area contributed by atoms with Gasteiger partial charge in [0.1, 0.15) is 0 Å². The van der Waals surface area contributed by atoms with Gasteiger partial charge in [-0.1, -0.05) is 55.5 Å². The fourth-order valence-electron chi connectivity index (χ4n) is 4.23. The first kappa shape index (κ1) is 24.2. The normalized spacial score (nSPS) is 12.0. The molecule has 0 unspecified atom stereocenters. The summed E-state index contributed by atoms with van der Waals surface area (Å²) in [5.41, 5.74) is 5.17. The lowest BCUT2D eigenvalue weighted by atomic mass is 10.00. The highest BCUT2D eigenvalue weighted by Crippen LogP contribution is 2.32. The third-order valence-electron chi connectivity index (χ3n) is 6.18. The van der Waals surface area contributed by atoms with Crippen molar-refractivity contribution in [3.63, 3.8) is 0 Å². The highest BCUT2D eigenvalue weighted by atomic mass is 16.5. The zero-order chi connectivity index (χ0) is 24.9. The van der Waals surface area contributed by atoms with Gasteiger partial charge in [-0.2, -0.15) is 0 Å². The molecule has 0 radical (unpaired) electrons. The van der Waals surface area contributed by atoms with Crippen LogP contribution in [0.25, 0.3) is 10.9 Å². The minimum atomic E-state index is -0.432. The van der Waals surface area contributed by atoms with Crippen molar-refractivity contribution >= 4 is 28.3 Å². The number of hydrogen-bond donors (Lipinski definition) is 2. The number of nitrogens with zero attached hydrogens (tertiary/aromatic N) is 2. The zero-order valence-corrected chi connectivity index (χ0v) is 20.6. The summed E-state index contributed by atoms with van der Waals surface area (Å²) in [7, 11) is 1.35. The molecule has 3 aromatic carbocycles. The number of aliphatic imine (C=N–C) groups is 1. The molecule has 0 saturated heterocycles. The van der Waals surface area contributed by atoms with E-state index in [0.717, 1.165) is 29.7 Å². The molecule has 180 valence electrons. The maximum Gasteiger partial charge on any atom is 0.337 e. The molecule has 35 heavy (non-hydrogen) atoms. The summed E-state index contributed by atoms with van der Waals surface area (Å²) in [6, 6.07) is 23.6. The van der Waals surface area contributed by atoms with Crippen LogP contribution < -0.4 is 0 Å². The predicted octanol–water partition coefficient (Wildman–Crippen LogP) is 6.06. The average molecular weight is 470 g/mol. The van der Waals surface area contributed by atoms with Gasteiger partial charge >= 0.3 is 5.97 Å². The lowest BCUT2D eigenvalue weighted by molar-refractivity contribution is 0.0601. The second-order valence-electron chi connectivity index (χ2n) is 8.75. The Morgan fingerprint density at radius 2 is 1.74 bits per heavy atom. The van der Waals surface area contributed by atoms with E-state index in [2.05, 4.69) is 42.8 Å². The van der Waals surface area contributed by atoms with Crippen LogP contribution in [0, 0.1) is 0 Å². The third kappa shape index (κ3) is 5.28. The van der Waals surface area contributed by atoms with Crippen LogP contribution in [0.3, 0.4) is 0 Å². The number of fused-ring (bicyclic) bond motifs is 1.